The van der Waals surface area contributed by atoms with E-state index in [0.717, 1.165) is 55.2 Å². The molecule has 2 aromatic rings. The van der Waals surface area contributed by atoms with Gasteiger partial charge in [-0.25, -0.2) is 0 Å². The van der Waals surface area contributed by atoms with Gasteiger partial charge in [0.15, 0.2) is 11.5 Å². The highest BCUT2D eigenvalue weighted by atomic mass is 79.9. The Labute approximate surface area is 193 Å². The summed E-state index contributed by atoms with van der Waals surface area (Å²) in [5, 5.41) is 0. The van der Waals surface area contributed by atoms with Gasteiger partial charge in [-0.3, -0.25) is 14.6 Å². The van der Waals surface area contributed by atoms with Crippen molar-refractivity contribution in [1.82, 2.24) is 14.7 Å². The highest BCUT2D eigenvalue weighted by molar-refractivity contribution is 9.10. The zero-order valence-electron chi connectivity index (χ0n) is 18.9. The molecule has 0 aliphatic carbocycles. The number of nitrogens with zero attached hydrogens (tertiary/aromatic N) is 3. The molecule has 168 valence electrons. The number of hydrogen-bond donors (Lipinski definition) is 0. The Morgan fingerprint density at radius 1 is 1.03 bits per heavy atom. The number of halogens is 1. The Balaban J connectivity index is 1.50. The number of likely N-dealkylation sites (N-methyl/N-ethyl adjacent to an activating group) is 1. The van der Waals surface area contributed by atoms with Crippen LogP contribution in [0.15, 0.2) is 40.9 Å². The van der Waals surface area contributed by atoms with Crippen molar-refractivity contribution >= 4 is 21.8 Å². The third-order valence-corrected chi connectivity index (χ3v) is 6.54. The van der Waals surface area contributed by atoms with Gasteiger partial charge in [-0.2, -0.15) is 0 Å². The first-order valence-electron chi connectivity index (χ1n) is 10.5. The molecular weight excluding hydrogens is 458 g/mol. The summed E-state index contributed by atoms with van der Waals surface area (Å²) in [5.74, 6) is 1.70. The van der Waals surface area contributed by atoms with Crippen molar-refractivity contribution in [2.24, 2.45) is 0 Å². The molecule has 1 saturated heterocycles. The van der Waals surface area contributed by atoms with E-state index in [9.17, 15) is 4.79 Å². The lowest BCUT2D eigenvalue weighted by molar-refractivity contribution is -0.134. The Bertz CT molecular complexity index is 898. The number of hydrogen-bond acceptors (Lipinski definition) is 5. The van der Waals surface area contributed by atoms with E-state index >= 15 is 0 Å². The summed E-state index contributed by atoms with van der Waals surface area (Å²) in [6.45, 7) is 7.36. The van der Waals surface area contributed by atoms with E-state index in [1.165, 1.54) is 16.7 Å². The summed E-state index contributed by atoms with van der Waals surface area (Å²) < 4.78 is 11.9. The quantitative estimate of drug-likeness (QED) is 0.567. The maximum absolute atomic E-state index is 12.8. The fourth-order valence-corrected chi connectivity index (χ4v) is 4.30. The molecule has 0 aromatic heterocycles. The maximum Gasteiger partial charge on any atom is 0.236 e. The lowest BCUT2D eigenvalue weighted by Crippen LogP contribution is -2.50. The average molecular weight is 490 g/mol. The molecular formula is C24H32BrN3O3. The van der Waals surface area contributed by atoms with Gasteiger partial charge in [-0.05, 0) is 48.9 Å². The first kappa shape index (κ1) is 23.6. The minimum absolute atomic E-state index is 0.191. The first-order chi connectivity index (χ1) is 14.9. The number of benzene rings is 2. The van der Waals surface area contributed by atoms with Gasteiger partial charge < -0.3 is 14.4 Å². The van der Waals surface area contributed by atoms with Crippen LogP contribution in [0.1, 0.15) is 16.7 Å². The van der Waals surface area contributed by atoms with Crippen LogP contribution >= 0.6 is 15.9 Å². The number of ether oxygens (including phenoxy) is 2. The van der Waals surface area contributed by atoms with E-state index in [0.29, 0.717) is 6.54 Å². The summed E-state index contributed by atoms with van der Waals surface area (Å²) in [4.78, 5) is 19.2. The minimum Gasteiger partial charge on any atom is -0.493 e. The molecule has 2 aromatic carbocycles. The molecule has 0 N–H and O–H groups in total. The fourth-order valence-electron chi connectivity index (χ4n) is 3.89. The molecule has 1 heterocycles. The van der Waals surface area contributed by atoms with Crippen molar-refractivity contribution in [1.29, 1.82) is 0 Å². The number of amides is 1. The van der Waals surface area contributed by atoms with Crippen LogP contribution in [0, 0.1) is 6.92 Å². The summed E-state index contributed by atoms with van der Waals surface area (Å²) in [7, 11) is 5.31. The SMILES string of the molecule is COc1cc(C)c(CN2CCN(C(=O)CN(C)Cc3ccccc3Br)CC2)cc1OC. The van der Waals surface area contributed by atoms with Gasteiger partial charge in [-0.15, -0.1) is 0 Å². The fraction of sp³-hybridized carbons (Fsp3) is 0.458. The second-order valence-electron chi connectivity index (χ2n) is 8.05. The lowest BCUT2D eigenvalue weighted by Gasteiger charge is -2.35. The number of piperazine rings is 1. The van der Waals surface area contributed by atoms with Crippen LogP contribution in [0.5, 0.6) is 11.5 Å². The number of carbonyl (C=O) groups is 1. The predicted molar refractivity (Wildman–Crippen MR) is 127 cm³/mol. The first-order valence-corrected chi connectivity index (χ1v) is 11.3. The number of methoxy groups -OCH3 is 2. The van der Waals surface area contributed by atoms with Gasteiger partial charge in [-0.1, -0.05) is 34.1 Å². The van der Waals surface area contributed by atoms with Crippen LogP contribution < -0.4 is 9.47 Å². The third-order valence-electron chi connectivity index (χ3n) is 5.76. The molecule has 0 atom stereocenters. The van der Waals surface area contributed by atoms with E-state index < -0.39 is 0 Å². The van der Waals surface area contributed by atoms with Crippen LogP contribution in [-0.4, -0.2) is 74.6 Å². The number of carbonyl (C=O) groups excluding carboxylic acids is 1. The molecule has 7 heteroatoms. The maximum atomic E-state index is 12.8. The topological polar surface area (TPSA) is 45.2 Å². The van der Waals surface area contributed by atoms with Crippen molar-refractivity contribution in [2.45, 2.75) is 20.0 Å². The van der Waals surface area contributed by atoms with Crippen molar-refractivity contribution < 1.29 is 14.3 Å². The molecule has 0 bridgehead atoms. The van der Waals surface area contributed by atoms with Gasteiger partial charge in [0, 0.05) is 43.7 Å². The summed E-state index contributed by atoms with van der Waals surface area (Å²) in [6, 6.07) is 12.2. The van der Waals surface area contributed by atoms with E-state index in [1.807, 2.05) is 36.2 Å². The van der Waals surface area contributed by atoms with Crippen molar-refractivity contribution in [3.63, 3.8) is 0 Å². The molecule has 3 rings (SSSR count). The summed E-state index contributed by atoms with van der Waals surface area (Å²) in [6.07, 6.45) is 0. The van der Waals surface area contributed by atoms with Crippen LogP contribution in [0.3, 0.4) is 0 Å². The normalized spacial score (nSPS) is 14.7. The van der Waals surface area contributed by atoms with Crippen LogP contribution in [0.2, 0.25) is 0 Å². The summed E-state index contributed by atoms with van der Waals surface area (Å²) in [5.41, 5.74) is 3.60. The Kier molecular flexibility index (Phi) is 8.35. The van der Waals surface area contributed by atoms with E-state index in [4.69, 9.17) is 9.47 Å². The zero-order chi connectivity index (χ0) is 22.4. The zero-order valence-corrected chi connectivity index (χ0v) is 20.4. The van der Waals surface area contributed by atoms with E-state index in [-0.39, 0.29) is 5.91 Å². The van der Waals surface area contributed by atoms with Gasteiger partial charge in [0.2, 0.25) is 5.91 Å². The van der Waals surface area contributed by atoms with Crippen LogP contribution in [-0.2, 0) is 17.9 Å². The standard InChI is InChI=1S/C24H32BrN3O3/c1-18-13-22(30-3)23(31-4)14-20(18)16-27-9-11-28(12-10-27)24(29)17-26(2)15-19-7-5-6-8-21(19)25/h5-8,13-14H,9-12,15-17H2,1-4H3. The van der Waals surface area contributed by atoms with Gasteiger partial charge in [0.05, 0.1) is 20.8 Å². The second kappa shape index (κ2) is 11.0. The number of rotatable bonds is 8. The van der Waals surface area contributed by atoms with E-state index in [2.05, 4.69) is 44.8 Å². The minimum atomic E-state index is 0.191. The predicted octanol–water partition coefficient (Wildman–Crippen LogP) is 3.55. The third kappa shape index (κ3) is 6.21. The van der Waals surface area contributed by atoms with Crippen LogP contribution in [0.25, 0.3) is 0 Å². The molecule has 0 spiro atoms. The van der Waals surface area contributed by atoms with Crippen molar-refractivity contribution in [3.8, 4) is 11.5 Å². The van der Waals surface area contributed by atoms with Crippen LogP contribution in [0.4, 0.5) is 0 Å². The number of aryl methyl sites for hydroxylation is 1. The van der Waals surface area contributed by atoms with Gasteiger partial charge >= 0.3 is 0 Å². The molecule has 1 amide bonds. The molecule has 0 saturated carbocycles. The highest BCUT2D eigenvalue weighted by Crippen LogP contribution is 2.31. The second-order valence-corrected chi connectivity index (χ2v) is 8.91. The molecule has 1 fully saturated rings. The van der Waals surface area contributed by atoms with Gasteiger partial charge in [0.25, 0.3) is 0 Å². The molecule has 31 heavy (non-hydrogen) atoms. The average Bonchev–Trinajstić information content (AvgIpc) is 2.76. The van der Waals surface area contributed by atoms with Crippen molar-refractivity contribution in [3.05, 3.63) is 57.6 Å². The molecule has 6 nitrogen and oxygen atoms in total. The molecule has 1 aliphatic heterocycles. The Morgan fingerprint density at radius 3 is 2.32 bits per heavy atom. The largest absolute Gasteiger partial charge is 0.493 e. The monoisotopic (exact) mass is 489 g/mol. The smallest absolute Gasteiger partial charge is 0.236 e. The lowest BCUT2D eigenvalue weighted by atomic mass is 10.1. The Hall–Kier alpha value is -2.09. The molecule has 0 unspecified atom stereocenters. The van der Waals surface area contributed by atoms with Gasteiger partial charge in [0.1, 0.15) is 0 Å². The Morgan fingerprint density at radius 2 is 1.68 bits per heavy atom. The molecule has 0 radical (unpaired) electrons. The highest BCUT2D eigenvalue weighted by Gasteiger charge is 2.23. The van der Waals surface area contributed by atoms with Crippen molar-refractivity contribution in [2.75, 3.05) is 54.0 Å². The summed E-state index contributed by atoms with van der Waals surface area (Å²) >= 11 is 3.58. The van der Waals surface area contributed by atoms with E-state index in [1.54, 1.807) is 14.2 Å². The molecule has 1 aliphatic rings.